The number of nitrogens with zero attached hydrogens (tertiary/aromatic N) is 2. The third-order valence-corrected chi connectivity index (χ3v) is 5.18. The molecule has 6 nitrogen and oxygen atoms in total. The van der Waals surface area contributed by atoms with Crippen LogP contribution in [0.4, 0.5) is 4.39 Å². The molecule has 0 atom stereocenters. The molecule has 0 saturated carbocycles. The minimum atomic E-state index is -3.86. The second-order valence-electron chi connectivity index (χ2n) is 5.24. The summed E-state index contributed by atoms with van der Waals surface area (Å²) in [6.07, 6.45) is 1.47. The summed E-state index contributed by atoms with van der Waals surface area (Å²) in [5.74, 6) is 0.388. The monoisotopic (exact) mass is 350 g/mol. The van der Waals surface area contributed by atoms with Gasteiger partial charge in [-0.1, -0.05) is 5.16 Å². The number of hydrogen-bond donors (Lipinski definition) is 0. The van der Waals surface area contributed by atoms with E-state index >= 15 is 0 Å². The maximum absolute atomic E-state index is 13.1. The molecule has 24 heavy (non-hydrogen) atoms. The maximum atomic E-state index is 13.1. The van der Waals surface area contributed by atoms with Crippen LogP contribution in [0.25, 0.3) is 0 Å². The average Bonchev–Trinajstić information content (AvgIpc) is 3.19. The Hall–Kier alpha value is -2.45. The van der Waals surface area contributed by atoms with Crippen LogP contribution in [0.3, 0.4) is 0 Å². The molecule has 0 unspecified atom stereocenters. The average molecular weight is 350 g/mol. The largest absolute Gasteiger partial charge is 0.468 e. The van der Waals surface area contributed by atoms with Crippen molar-refractivity contribution >= 4 is 10.0 Å². The number of halogens is 1. The van der Waals surface area contributed by atoms with E-state index in [2.05, 4.69) is 5.16 Å². The van der Waals surface area contributed by atoms with Gasteiger partial charge in [-0.15, -0.1) is 0 Å². The molecule has 8 heteroatoms. The van der Waals surface area contributed by atoms with E-state index in [9.17, 15) is 12.8 Å². The zero-order valence-electron chi connectivity index (χ0n) is 12.8. The van der Waals surface area contributed by atoms with Crippen molar-refractivity contribution in [2.24, 2.45) is 0 Å². The Labute approximate surface area is 138 Å². The lowest BCUT2D eigenvalue weighted by Crippen LogP contribution is -2.30. The summed E-state index contributed by atoms with van der Waals surface area (Å²) in [4.78, 5) is -0.00769. The summed E-state index contributed by atoms with van der Waals surface area (Å²) in [7, 11) is -3.86. The van der Waals surface area contributed by atoms with Crippen LogP contribution < -0.4 is 0 Å². The Kier molecular flexibility index (Phi) is 4.50. The van der Waals surface area contributed by atoms with E-state index in [1.165, 1.54) is 22.7 Å². The highest BCUT2D eigenvalue weighted by atomic mass is 32.2. The van der Waals surface area contributed by atoms with Crippen molar-refractivity contribution in [3.63, 3.8) is 0 Å². The van der Waals surface area contributed by atoms with Gasteiger partial charge in [-0.2, -0.15) is 4.31 Å². The predicted molar refractivity (Wildman–Crippen MR) is 82.8 cm³/mol. The number of sulfonamides is 1. The Morgan fingerprint density at radius 1 is 1.12 bits per heavy atom. The molecule has 2 heterocycles. The summed E-state index contributed by atoms with van der Waals surface area (Å²) in [6, 6.07) is 9.69. The number of hydrogen-bond acceptors (Lipinski definition) is 5. The molecule has 0 amide bonds. The summed E-state index contributed by atoms with van der Waals surface area (Å²) in [5, 5.41) is 3.76. The fraction of sp³-hybridized carbons (Fsp3) is 0.188. The van der Waals surface area contributed by atoms with E-state index in [4.69, 9.17) is 8.94 Å². The van der Waals surface area contributed by atoms with Crippen LogP contribution in [0.15, 0.2) is 62.6 Å². The first-order chi connectivity index (χ1) is 11.4. The number of benzene rings is 1. The van der Waals surface area contributed by atoms with Crippen LogP contribution >= 0.6 is 0 Å². The zero-order valence-corrected chi connectivity index (χ0v) is 13.7. The molecule has 3 aromatic rings. The Morgan fingerprint density at radius 3 is 2.42 bits per heavy atom. The second kappa shape index (κ2) is 6.58. The molecule has 0 spiro atoms. The quantitative estimate of drug-likeness (QED) is 0.683. The lowest BCUT2D eigenvalue weighted by molar-refractivity contribution is 0.302. The highest BCUT2D eigenvalue weighted by Gasteiger charge is 2.27. The Balaban J connectivity index is 1.94. The van der Waals surface area contributed by atoms with Gasteiger partial charge in [0.1, 0.15) is 11.6 Å². The van der Waals surface area contributed by atoms with Crippen LogP contribution in [-0.4, -0.2) is 17.9 Å². The molecule has 0 aliphatic carbocycles. The highest BCUT2D eigenvalue weighted by molar-refractivity contribution is 7.89. The number of aromatic nitrogens is 1. The van der Waals surface area contributed by atoms with E-state index in [1.54, 1.807) is 25.1 Å². The van der Waals surface area contributed by atoms with Crippen LogP contribution in [0, 0.1) is 12.7 Å². The van der Waals surface area contributed by atoms with E-state index < -0.39 is 15.8 Å². The minimum absolute atomic E-state index is 0.00769. The van der Waals surface area contributed by atoms with Crippen LogP contribution in [0.1, 0.15) is 17.2 Å². The lowest BCUT2D eigenvalue weighted by Gasteiger charge is -2.20. The normalized spacial score (nSPS) is 12.0. The van der Waals surface area contributed by atoms with Crippen LogP contribution in [0.5, 0.6) is 0 Å². The molecular formula is C16H15FN2O4S. The van der Waals surface area contributed by atoms with E-state index in [0.29, 0.717) is 17.2 Å². The minimum Gasteiger partial charge on any atom is -0.468 e. The van der Waals surface area contributed by atoms with Gasteiger partial charge < -0.3 is 8.94 Å². The van der Waals surface area contributed by atoms with Gasteiger partial charge in [-0.25, -0.2) is 12.8 Å². The predicted octanol–water partition coefficient (Wildman–Crippen LogP) is 3.11. The van der Waals surface area contributed by atoms with Gasteiger partial charge in [0.25, 0.3) is 0 Å². The Morgan fingerprint density at radius 2 is 1.83 bits per heavy atom. The molecule has 3 rings (SSSR count). The summed E-state index contributed by atoms with van der Waals surface area (Å²) in [5.41, 5.74) is 0.655. The van der Waals surface area contributed by atoms with Gasteiger partial charge in [0, 0.05) is 6.07 Å². The fourth-order valence-electron chi connectivity index (χ4n) is 2.22. The first-order valence-corrected chi connectivity index (χ1v) is 8.59. The van der Waals surface area contributed by atoms with Gasteiger partial charge in [-0.3, -0.25) is 0 Å². The molecule has 0 aliphatic heterocycles. The third-order valence-electron chi connectivity index (χ3n) is 3.37. The second-order valence-corrected chi connectivity index (χ2v) is 7.18. The van der Waals surface area contributed by atoms with E-state index in [-0.39, 0.29) is 18.0 Å². The maximum Gasteiger partial charge on any atom is 0.243 e. The number of aryl methyl sites for hydroxylation is 1. The Bertz CT molecular complexity index is 902. The van der Waals surface area contributed by atoms with Crippen molar-refractivity contribution < 1.29 is 21.7 Å². The first-order valence-electron chi connectivity index (χ1n) is 7.15. The topological polar surface area (TPSA) is 76.6 Å². The molecule has 2 aromatic heterocycles. The molecular weight excluding hydrogens is 335 g/mol. The summed E-state index contributed by atoms with van der Waals surface area (Å²) < 4.78 is 50.4. The highest BCUT2D eigenvalue weighted by Crippen LogP contribution is 2.22. The van der Waals surface area contributed by atoms with Crippen molar-refractivity contribution in [1.82, 2.24) is 9.46 Å². The first kappa shape index (κ1) is 16.4. The standard InChI is InChI=1S/C16H15FN2O4S/c1-12-9-15(23-18-12)11-19(10-14-3-2-8-22-14)24(20,21)16-6-4-13(17)5-7-16/h2-9H,10-11H2,1H3. The molecule has 0 aliphatic rings. The molecule has 0 N–H and O–H groups in total. The van der Waals surface area contributed by atoms with Crippen molar-refractivity contribution in [3.8, 4) is 0 Å². The van der Waals surface area contributed by atoms with Gasteiger partial charge in [0.05, 0.1) is 29.9 Å². The van der Waals surface area contributed by atoms with E-state index in [0.717, 1.165) is 12.1 Å². The van der Waals surface area contributed by atoms with Crippen molar-refractivity contribution in [1.29, 1.82) is 0 Å². The zero-order chi connectivity index (χ0) is 17.2. The van der Waals surface area contributed by atoms with Gasteiger partial charge in [-0.05, 0) is 43.3 Å². The SMILES string of the molecule is Cc1cc(CN(Cc2ccco2)S(=O)(=O)c2ccc(F)cc2)on1. The van der Waals surface area contributed by atoms with Gasteiger partial charge in [0.2, 0.25) is 10.0 Å². The van der Waals surface area contributed by atoms with Crippen molar-refractivity contribution in [2.75, 3.05) is 0 Å². The summed E-state index contributed by atoms with van der Waals surface area (Å²) >= 11 is 0. The smallest absolute Gasteiger partial charge is 0.243 e. The van der Waals surface area contributed by atoms with Crippen LogP contribution in [-0.2, 0) is 23.1 Å². The van der Waals surface area contributed by atoms with E-state index in [1.807, 2.05) is 0 Å². The number of rotatable bonds is 6. The van der Waals surface area contributed by atoms with Crippen molar-refractivity contribution in [3.05, 3.63) is 71.8 Å². The lowest BCUT2D eigenvalue weighted by atomic mass is 10.3. The van der Waals surface area contributed by atoms with Crippen molar-refractivity contribution in [2.45, 2.75) is 24.9 Å². The van der Waals surface area contributed by atoms with Gasteiger partial charge >= 0.3 is 0 Å². The van der Waals surface area contributed by atoms with Crippen LogP contribution in [0.2, 0.25) is 0 Å². The fourth-order valence-corrected chi connectivity index (χ4v) is 3.60. The number of furan rings is 1. The summed E-state index contributed by atoms with van der Waals surface area (Å²) in [6.45, 7) is 1.76. The van der Waals surface area contributed by atoms with Gasteiger partial charge in [0.15, 0.2) is 5.76 Å². The molecule has 0 bridgehead atoms. The molecule has 126 valence electrons. The third kappa shape index (κ3) is 3.55. The molecule has 1 aromatic carbocycles. The molecule has 0 radical (unpaired) electrons. The molecule has 0 fully saturated rings. The molecule has 0 saturated heterocycles.